The van der Waals surface area contributed by atoms with Gasteiger partial charge < -0.3 is 14.2 Å². The van der Waals surface area contributed by atoms with E-state index in [0.717, 1.165) is 0 Å². The molecule has 0 bridgehead atoms. The molecule has 0 aliphatic rings. The van der Waals surface area contributed by atoms with Gasteiger partial charge in [0.15, 0.2) is 0 Å². The minimum atomic E-state index is -6.60. The van der Waals surface area contributed by atoms with Crippen molar-refractivity contribution in [3.8, 4) is 0 Å². The van der Waals surface area contributed by atoms with Crippen molar-refractivity contribution in [3.63, 3.8) is 0 Å². The van der Waals surface area contributed by atoms with Crippen molar-refractivity contribution in [3.05, 3.63) is 0 Å². The lowest BCUT2D eigenvalue weighted by Gasteiger charge is -2.37. The van der Waals surface area contributed by atoms with Crippen LogP contribution < -0.4 is 0 Å². The zero-order valence-corrected chi connectivity index (χ0v) is 14.7. The highest BCUT2D eigenvalue weighted by Crippen LogP contribution is 2.50. The summed E-state index contributed by atoms with van der Waals surface area (Å²) in [5.41, 5.74) is -1.14. The van der Waals surface area contributed by atoms with Crippen LogP contribution in [0.25, 0.3) is 0 Å². The molecule has 28 heavy (non-hydrogen) atoms. The predicted octanol–water partition coefficient (Wildman–Crippen LogP) is 4.06. The molecule has 15 heteroatoms. The Kier molecular flexibility index (Phi) is 7.79. The van der Waals surface area contributed by atoms with Crippen LogP contribution in [0.2, 0.25) is 0 Å². The fourth-order valence-corrected chi connectivity index (χ4v) is 1.47. The summed E-state index contributed by atoms with van der Waals surface area (Å²) in [6, 6.07) is 0. The largest absolute Gasteiger partial charge is 0.458 e. The van der Waals surface area contributed by atoms with Crippen LogP contribution in [-0.4, -0.2) is 62.1 Å². The molecule has 2 unspecified atom stereocenters. The maximum Gasteiger partial charge on any atom is 0.457 e. The van der Waals surface area contributed by atoms with Gasteiger partial charge in [0.2, 0.25) is 0 Å². The van der Waals surface area contributed by atoms with Gasteiger partial charge in [0.25, 0.3) is 0 Å². The number of rotatable bonds is 8. The fraction of sp³-hybridized carbons (Fsp3) is 0.923. The summed E-state index contributed by atoms with van der Waals surface area (Å²) >= 11 is 0. The molecule has 0 aliphatic carbocycles. The SMILES string of the molecule is COC(F)(C(F)(F)F)C(F)(F)OC(F)(COCC(=O)OC(C)(C)C)C(F)(F)F. The molecule has 0 saturated carbocycles. The summed E-state index contributed by atoms with van der Waals surface area (Å²) in [5.74, 6) is -13.1. The lowest BCUT2D eigenvalue weighted by molar-refractivity contribution is -0.503. The summed E-state index contributed by atoms with van der Waals surface area (Å²) < 4.78 is 144. The average molecular weight is 442 g/mol. The second kappa shape index (κ2) is 8.18. The quantitative estimate of drug-likeness (QED) is 0.420. The van der Waals surface area contributed by atoms with Gasteiger partial charge in [-0.3, -0.25) is 4.74 Å². The number of halogens is 10. The molecule has 0 fully saturated rings. The van der Waals surface area contributed by atoms with Crippen molar-refractivity contribution in [2.75, 3.05) is 20.3 Å². The summed E-state index contributed by atoms with van der Waals surface area (Å²) in [5, 5.41) is 0. The van der Waals surface area contributed by atoms with Crippen molar-refractivity contribution >= 4 is 5.97 Å². The summed E-state index contributed by atoms with van der Waals surface area (Å²) in [7, 11) is -0.253. The van der Waals surface area contributed by atoms with Crippen LogP contribution in [0.5, 0.6) is 0 Å². The van der Waals surface area contributed by atoms with Crippen molar-refractivity contribution < 1.29 is 67.6 Å². The molecule has 0 saturated heterocycles. The molecular weight excluding hydrogens is 426 g/mol. The van der Waals surface area contributed by atoms with Crippen LogP contribution in [0.4, 0.5) is 43.9 Å². The zero-order valence-electron chi connectivity index (χ0n) is 14.7. The third kappa shape index (κ3) is 6.34. The molecule has 2 atom stereocenters. The molecule has 0 rings (SSSR count). The third-order valence-corrected chi connectivity index (χ3v) is 2.66. The molecule has 5 nitrogen and oxygen atoms in total. The number of carbonyl (C=O) groups excluding carboxylic acids is 1. The highest BCUT2D eigenvalue weighted by molar-refractivity contribution is 5.71. The summed E-state index contributed by atoms with van der Waals surface area (Å²) in [6.07, 6.45) is -19.5. The van der Waals surface area contributed by atoms with Crippen LogP contribution in [-0.2, 0) is 23.7 Å². The highest BCUT2D eigenvalue weighted by atomic mass is 19.4. The number of hydrogen-bond donors (Lipinski definition) is 0. The van der Waals surface area contributed by atoms with Gasteiger partial charge in [-0.15, -0.1) is 0 Å². The normalized spacial score (nSPS) is 18.4. The maximum atomic E-state index is 13.9. The van der Waals surface area contributed by atoms with E-state index in [-0.39, 0.29) is 7.11 Å². The van der Waals surface area contributed by atoms with Crippen LogP contribution in [0.15, 0.2) is 0 Å². The molecule has 0 amide bonds. The third-order valence-electron chi connectivity index (χ3n) is 2.66. The molecule has 0 aliphatic heterocycles. The van der Waals surface area contributed by atoms with E-state index in [0.29, 0.717) is 0 Å². The van der Waals surface area contributed by atoms with Crippen molar-refractivity contribution in [2.45, 2.75) is 56.5 Å². The van der Waals surface area contributed by atoms with E-state index >= 15 is 0 Å². The summed E-state index contributed by atoms with van der Waals surface area (Å²) in [6.45, 7) is 0.0760. The second-order valence-corrected chi connectivity index (χ2v) is 6.22. The molecule has 0 aromatic rings. The maximum absolute atomic E-state index is 13.9. The zero-order chi connectivity index (χ0) is 22.8. The van der Waals surface area contributed by atoms with Gasteiger partial charge in [0.1, 0.15) is 18.8 Å². The molecule has 0 aromatic carbocycles. The first-order chi connectivity index (χ1) is 12.1. The highest BCUT2D eigenvalue weighted by Gasteiger charge is 2.78. The van der Waals surface area contributed by atoms with Crippen LogP contribution >= 0.6 is 0 Å². The number of esters is 1. The van der Waals surface area contributed by atoms with E-state index in [1.165, 1.54) is 20.8 Å². The smallest absolute Gasteiger partial charge is 0.457 e. The van der Waals surface area contributed by atoms with E-state index in [1.54, 1.807) is 0 Å². The lowest BCUT2D eigenvalue weighted by Crippen LogP contribution is -2.63. The van der Waals surface area contributed by atoms with Gasteiger partial charge in [-0.05, 0) is 20.8 Å². The van der Waals surface area contributed by atoms with E-state index < -0.39 is 55.0 Å². The van der Waals surface area contributed by atoms with E-state index in [4.69, 9.17) is 0 Å². The van der Waals surface area contributed by atoms with Gasteiger partial charge in [-0.1, -0.05) is 0 Å². The first-order valence-corrected chi connectivity index (χ1v) is 7.06. The molecule has 0 aromatic heterocycles. The Bertz CT molecular complexity index is 541. The lowest BCUT2D eigenvalue weighted by atomic mass is 10.2. The van der Waals surface area contributed by atoms with E-state index in [2.05, 4.69) is 18.9 Å². The Balaban J connectivity index is 5.50. The Morgan fingerprint density at radius 3 is 1.61 bits per heavy atom. The number of methoxy groups -OCH3 is 1. The predicted molar refractivity (Wildman–Crippen MR) is 69.5 cm³/mol. The Morgan fingerprint density at radius 1 is 0.821 bits per heavy atom. The van der Waals surface area contributed by atoms with Crippen molar-refractivity contribution in [1.82, 2.24) is 0 Å². The molecule has 0 spiro atoms. The molecule has 168 valence electrons. The number of carbonyl (C=O) groups is 1. The van der Waals surface area contributed by atoms with Crippen molar-refractivity contribution in [1.29, 1.82) is 0 Å². The Hall–Kier alpha value is -1.35. The van der Waals surface area contributed by atoms with E-state index in [1.807, 2.05) is 0 Å². The standard InChI is InChI=1S/C13H16F10O5/c1-8(2,3)27-7(24)5-26-6-9(14,11(16,17)18)28-13(22,23)10(15,25-4)12(19,20)21/h5-6H2,1-4H3. The first kappa shape index (κ1) is 26.6. The summed E-state index contributed by atoms with van der Waals surface area (Å²) in [4.78, 5) is 11.2. The van der Waals surface area contributed by atoms with Gasteiger partial charge >= 0.3 is 36.1 Å². The van der Waals surface area contributed by atoms with Gasteiger partial charge in [0, 0.05) is 7.11 Å². The van der Waals surface area contributed by atoms with Gasteiger partial charge in [-0.25, -0.2) is 4.79 Å². The van der Waals surface area contributed by atoms with Crippen LogP contribution in [0.1, 0.15) is 20.8 Å². The number of alkyl halides is 10. The number of ether oxygens (including phenoxy) is 4. The monoisotopic (exact) mass is 442 g/mol. The first-order valence-electron chi connectivity index (χ1n) is 7.06. The van der Waals surface area contributed by atoms with Crippen LogP contribution in [0, 0.1) is 0 Å². The van der Waals surface area contributed by atoms with Crippen molar-refractivity contribution in [2.24, 2.45) is 0 Å². The minimum absolute atomic E-state index is 0.253. The topological polar surface area (TPSA) is 54.0 Å². The average Bonchev–Trinajstić information content (AvgIpc) is 2.40. The minimum Gasteiger partial charge on any atom is -0.458 e. The fourth-order valence-electron chi connectivity index (χ4n) is 1.47. The van der Waals surface area contributed by atoms with Crippen LogP contribution in [0.3, 0.4) is 0 Å². The van der Waals surface area contributed by atoms with Gasteiger partial charge in [-0.2, -0.15) is 43.9 Å². The molecule has 0 N–H and O–H groups in total. The molecule has 0 radical (unpaired) electrons. The van der Waals surface area contributed by atoms with Gasteiger partial charge in [0.05, 0.1) is 0 Å². The molecule has 0 heterocycles. The van der Waals surface area contributed by atoms with E-state index in [9.17, 15) is 48.7 Å². The number of hydrogen-bond acceptors (Lipinski definition) is 5. The Morgan fingerprint density at radius 2 is 1.29 bits per heavy atom. The Labute approximate surface area is 151 Å². The second-order valence-electron chi connectivity index (χ2n) is 6.22. The molecular formula is C13H16F10O5.